The molecule has 0 bridgehead atoms. The lowest BCUT2D eigenvalue weighted by Gasteiger charge is -2.11. The number of hydrogen-bond donors (Lipinski definition) is 1. The maximum Gasteiger partial charge on any atom is 0.322 e. The molecule has 2 rings (SSSR count). The largest absolute Gasteiger partial charge is 0.423 e. The van der Waals surface area contributed by atoms with E-state index in [-0.39, 0.29) is 0 Å². The number of halogens is 2. The van der Waals surface area contributed by atoms with Crippen molar-refractivity contribution in [1.82, 2.24) is 15.3 Å². The predicted molar refractivity (Wildman–Crippen MR) is 88.0 cm³/mol. The van der Waals surface area contributed by atoms with Crippen LogP contribution < -0.4 is 10.1 Å². The summed E-state index contributed by atoms with van der Waals surface area (Å²) in [5.41, 5.74) is 1.96. The van der Waals surface area contributed by atoms with Gasteiger partial charge in [-0.25, -0.2) is 4.98 Å². The molecule has 0 fully saturated rings. The second-order valence-electron chi connectivity index (χ2n) is 4.98. The van der Waals surface area contributed by atoms with Gasteiger partial charge in [0.2, 0.25) is 0 Å². The second kappa shape index (κ2) is 7.20. The molecule has 1 heterocycles. The minimum Gasteiger partial charge on any atom is -0.423 e. The topological polar surface area (TPSA) is 47.0 Å². The van der Waals surface area contributed by atoms with Gasteiger partial charge in [0, 0.05) is 35.1 Å². The van der Waals surface area contributed by atoms with Crippen molar-refractivity contribution >= 4 is 27.5 Å². The van der Waals surface area contributed by atoms with Crippen molar-refractivity contribution in [2.45, 2.75) is 33.4 Å². The van der Waals surface area contributed by atoms with Gasteiger partial charge >= 0.3 is 6.01 Å². The lowest BCUT2D eigenvalue weighted by molar-refractivity contribution is 0.436. The summed E-state index contributed by atoms with van der Waals surface area (Å²) in [6, 6.07) is 6.05. The molecule has 0 atom stereocenters. The summed E-state index contributed by atoms with van der Waals surface area (Å²) in [5.74, 6) is 0.631. The van der Waals surface area contributed by atoms with E-state index in [0.717, 1.165) is 22.3 Å². The molecule has 1 N–H and O–H groups in total. The van der Waals surface area contributed by atoms with E-state index in [1.807, 2.05) is 6.92 Å². The Morgan fingerprint density at radius 1 is 1.38 bits per heavy atom. The molecule has 4 nitrogen and oxygen atoms in total. The zero-order valence-corrected chi connectivity index (χ0v) is 14.5. The summed E-state index contributed by atoms with van der Waals surface area (Å²) < 4.78 is 6.44. The van der Waals surface area contributed by atoms with Crippen LogP contribution in [-0.2, 0) is 6.54 Å². The Bertz CT molecular complexity index is 634. The number of nitrogens with zero attached hydrogens (tertiary/aromatic N) is 2. The predicted octanol–water partition coefficient (Wildman–Crippen LogP) is 4.49. The van der Waals surface area contributed by atoms with Gasteiger partial charge in [0.25, 0.3) is 0 Å². The minimum atomic E-state index is 0.323. The van der Waals surface area contributed by atoms with Gasteiger partial charge in [-0.05, 0) is 41.1 Å². The Morgan fingerprint density at radius 3 is 2.76 bits per heavy atom. The molecule has 6 heteroatoms. The SMILES string of the molecule is Cc1nc(Oc2ccc(Cl)cc2Br)ncc1CNC(C)C. The average molecular weight is 371 g/mol. The molecule has 0 spiro atoms. The molecule has 1 aromatic carbocycles. The second-order valence-corrected chi connectivity index (χ2v) is 6.27. The third kappa shape index (κ3) is 4.66. The highest BCUT2D eigenvalue weighted by atomic mass is 79.9. The standard InChI is InChI=1S/C15H17BrClN3O/c1-9(2)18-7-11-8-19-15(20-10(11)3)21-14-5-4-12(17)6-13(14)16/h4-6,8-9,18H,7H2,1-3H3. The van der Waals surface area contributed by atoms with Crippen molar-refractivity contribution < 1.29 is 4.74 Å². The average Bonchev–Trinajstić information content (AvgIpc) is 2.41. The van der Waals surface area contributed by atoms with Crippen molar-refractivity contribution in [3.05, 3.63) is 45.1 Å². The van der Waals surface area contributed by atoms with Crippen molar-refractivity contribution in [1.29, 1.82) is 0 Å². The molecule has 1 aromatic heterocycles. The molecule has 2 aromatic rings. The van der Waals surface area contributed by atoms with E-state index < -0.39 is 0 Å². The summed E-state index contributed by atoms with van der Waals surface area (Å²) in [6.07, 6.45) is 1.79. The van der Waals surface area contributed by atoms with Crippen molar-refractivity contribution in [3.8, 4) is 11.8 Å². The van der Waals surface area contributed by atoms with E-state index in [0.29, 0.717) is 22.8 Å². The number of aromatic nitrogens is 2. The van der Waals surface area contributed by atoms with E-state index in [1.54, 1.807) is 24.4 Å². The van der Waals surface area contributed by atoms with Gasteiger partial charge in [-0.3, -0.25) is 0 Å². The monoisotopic (exact) mass is 369 g/mol. The summed E-state index contributed by atoms with van der Waals surface area (Å²) in [5, 5.41) is 3.98. The summed E-state index contributed by atoms with van der Waals surface area (Å²) in [4.78, 5) is 8.63. The lowest BCUT2D eigenvalue weighted by atomic mass is 10.2. The molecule has 0 aliphatic heterocycles. The van der Waals surface area contributed by atoms with Gasteiger partial charge in [-0.2, -0.15) is 4.98 Å². The molecule has 0 radical (unpaired) electrons. The van der Waals surface area contributed by atoms with Crippen LogP contribution in [0.5, 0.6) is 11.8 Å². The van der Waals surface area contributed by atoms with E-state index in [4.69, 9.17) is 16.3 Å². The Labute approximate surface area is 138 Å². The van der Waals surface area contributed by atoms with Gasteiger partial charge < -0.3 is 10.1 Å². The Morgan fingerprint density at radius 2 is 2.14 bits per heavy atom. The fraction of sp³-hybridized carbons (Fsp3) is 0.333. The first kappa shape index (κ1) is 16.2. The first-order valence-corrected chi connectivity index (χ1v) is 7.81. The Hall–Kier alpha value is -1.17. The number of aryl methyl sites for hydroxylation is 1. The van der Waals surface area contributed by atoms with Crippen LogP contribution in [0.15, 0.2) is 28.9 Å². The maximum atomic E-state index is 5.90. The quantitative estimate of drug-likeness (QED) is 0.842. The maximum absolute atomic E-state index is 5.90. The highest BCUT2D eigenvalue weighted by molar-refractivity contribution is 9.10. The van der Waals surface area contributed by atoms with E-state index >= 15 is 0 Å². The number of nitrogens with one attached hydrogen (secondary N) is 1. The smallest absolute Gasteiger partial charge is 0.322 e. The molecule has 21 heavy (non-hydrogen) atoms. The van der Waals surface area contributed by atoms with Crippen LogP contribution in [0.3, 0.4) is 0 Å². The van der Waals surface area contributed by atoms with Gasteiger partial charge in [0.15, 0.2) is 0 Å². The zero-order chi connectivity index (χ0) is 15.4. The van der Waals surface area contributed by atoms with Gasteiger partial charge in [-0.15, -0.1) is 0 Å². The normalized spacial score (nSPS) is 11.0. The molecule has 0 unspecified atom stereocenters. The number of hydrogen-bond acceptors (Lipinski definition) is 4. The van der Waals surface area contributed by atoms with E-state index in [2.05, 4.69) is 45.1 Å². The van der Waals surface area contributed by atoms with Crippen molar-refractivity contribution in [2.75, 3.05) is 0 Å². The molecule has 112 valence electrons. The number of ether oxygens (including phenoxy) is 1. The molecular formula is C15H17BrClN3O. The van der Waals surface area contributed by atoms with Crippen LogP contribution in [-0.4, -0.2) is 16.0 Å². The van der Waals surface area contributed by atoms with Crippen LogP contribution in [0.2, 0.25) is 5.02 Å². The highest BCUT2D eigenvalue weighted by Crippen LogP contribution is 2.30. The molecule has 0 amide bonds. The molecule has 0 aliphatic carbocycles. The van der Waals surface area contributed by atoms with Crippen molar-refractivity contribution in [3.63, 3.8) is 0 Å². The van der Waals surface area contributed by atoms with Crippen LogP contribution in [0.4, 0.5) is 0 Å². The lowest BCUT2D eigenvalue weighted by Crippen LogP contribution is -2.22. The van der Waals surface area contributed by atoms with Gasteiger partial charge in [0.05, 0.1) is 4.47 Å². The fourth-order valence-electron chi connectivity index (χ4n) is 1.66. The molecule has 0 saturated carbocycles. The van der Waals surface area contributed by atoms with E-state index in [9.17, 15) is 0 Å². The first-order chi connectivity index (χ1) is 9.95. The molecule has 0 saturated heterocycles. The zero-order valence-electron chi connectivity index (χ0n) is 12.2. The van der Waals surface area contributed by atoms with Crippen LogP contribution in [0, 0.1) is 6.92 Å². The molecular weight excluding hydrogens is 354 g/mol. The van der Waals surface area contributed by atoms with Crippen LogP contribution >= 0.6 is 27.5 Å². The first-order valence-electron chi connectivity index (χ1n) is 6.64. The highest BCUT2D eigenvalue weighted by Gasteiger charge is 2.08. The Kier molecular flexibility index (Phi) is 5.56. The minimum absolute atomic E-state index is 0.323. The van der Waals surface area contributed by atoms with Gasteiger partial charge in [0.1, 0.15) is 5.75 Å². The van der Waals surface area contributed by atoms with Gasteiger partial charge in [-0.1, -0.05) is 25.4 Å². The summed E-state index contributed by atoms with van der Waals surface area (Å²) >= 11 is 9.31. The van der Waals surface area contributed by atoms with Crippen molar-refractivity contribution in [2.24, 2.45) is 0 Å². The fourth-order valence-corrected chi connectivity index (χ4v) is 2.43. The summed E-state index contributed by atoms with van der Waals surface area (Å²) in [6.45, 7) is 6.90. The van der Waals surface area contributed by atoms with Crippen LogP contribution in [0.1, 0.15) is 25.1 Å². The third-order valence-electron chi connectivity index (χ3n) is 2.85. The van der Waals surface area contributed by atoms with Crippen LogP contribution in [0.25, 0.3) is 0 Å². The molecule has 0 aliphatic rings. The third-order valence-corrected chi connectivity index (χ3v) is 3.71. The summed E-state index contributed by atoms with van der Waals surface area (Å²) in [7, 11) is 0. The number of rotatable bonds is 5. The Balaban J connectivity index is 2.12. The van der Waals surface area contributed by atoms with E-state index in [1.165, 1.54) is 0 Å². The number of benzene rings is 1.